The lowest BCUT2D eigenvalue weighted by atomic mass is 9.96. The van der Waals surface area contributed by atoms with E-state index in [4.69, 9.17) is 29.2 Å². The number of anilines is 1. The lowest BCUT2D eigenvalue weighted by Gasteiger charge is -2.28. The summed E-state index contributed by atoms with van der Waals surface area (Å²) in [4.78, 5) is 37.9. The van der Waals surface area contributed by atoms with Crippen molar-refractivity contribution >= 4 is 59.3 Å². The molecule has 6 atom stereocenters. The summed E-state index contributed by atoms with van der Waals surface area (Å²) in [5.74, 6) is -0.637. The number of fused-ring (bicyclic) bond motifs is 1. The molecule has 3 fully saturated rings. The summed E-state index contributed by atoms with van der Waals surface area (Å²) < 4.78 is 43.6. The van der Waals surface area contributed by atoms with Gasteiger partial charge in [-0.15, -0.1) is 0 Å². The molecule has 17 nitrogen and oxygen atoms in total. The Morgan fingerprint density at radius 3 is 2.16 bits per heavy atom. The number of carbonyl (C=O) groups excluding carboxylic acids is 2. The highest BCUT2D eigenvalue weighted by Gasteiger charge is 2.55. The third-order valence-electron chi connectivity index (χ3n) is 7.84. The number of halogens is 1. The number of nitrogens with zero attached hydrogens (tertiary/aromatic N) is 4. The normalized spacial score (nSPS) is 26.5. The molecular weight excluding hydrogens is 728 g/mol. The topological polar surface area (TPSA) is 231 Å². The average Bonchev–Trinajstić information content (AvgIpc) is 3.91. The number of aliphatic hydroxyl groups is 2. The number of hydrogen-bond donors (Lipinski definition) is 5. The molecule has 2 aliphatic carbocycles. The number of nitrogens with two attached hydrogens (primary N) is 1. The van der Waals surface area contributed by atoms with E-state index in [1.807, 2.05) is 22.6 Å². The molecule has 45 heavy (non-hydrogen) atoms. The molecule has 0 radical (unpaired) electrons. The fourth-order valence-electron chi connectivity index (χ4n) is 4.77. The van der Waals surface area contributed by atoms with Gasteiger partial charge in [-0.2, -0.15) is 9.97 Å². The van der Waals surface area contributed by atoms with E-state index in [2.05, 4.69) is 25.1 Å². The predicted octanol–water partition coefficient (Wildman–Crippen LogP) is 1.02. The number of nitrogen functional groups attached to an aromatic ring is 1. The van der Waals surface area contributed by atoms with Crippen molar-refractivity contribution < 1.29 is 47.8 Å². The SMILES string of the molecule is COc1nc(N)nc2c1nc(I)n2[C@@H]1O[C@H](COP(=O)(N[C@@H](C)C(=O)OCC2CC2)N[C@@H](C)C(=O)OCC2CC2)[C@@H](O)[C@@]1(C)O. The molecule has 1 saturated heterocycles. The number of esters is 2. The van der Waals surface area contributed by atoms with E-state index in [1.165, 1.54) is 32.4 Å². The van der Waals surface area contributed by atoms with E-state index >= 15 is 0 Å². The molecule has 0 unspecified atom stereocenters. The third kappa shape index (κ3) is 7.86. The second kappa shape index (κ2) is 13.5. The summed E-state index contributed by atoms with van der Waals surface area (Å²) in [6.07, 6.45) is -0.101. The van der Waals surface area contributed by atoms with Crippen LogP contribution in [0.3, 0.4) is 0 Å². The molecule has 0 aromatic carbocycles. The summed E-state index contributed by atoms with van der Waals surface area (Å²) in [6, 6.07) is -2.16. The van der Waals surface area contributed by atoms with E-state index in [0.717, 1.165) is 25.7 Å². The number of methoxy groups -OCH3 is 1. The number of carbonyl (C=O) groups is 2. The zero-order chi connectivity index (χ0) is 32.7. The van der Waals surface area contributed by atoms with Gasteiger partial charge in [0.1, 0.15) is 29.9 Å². The Kier molecular flexibility index (Phi) is 10.2. The summed E-state index contributed by atoms with van der Waals surface area (Å²) in [5, 5.41) is 27.8. The molecule has 3 aliphatic rings. The van der Waals surface area contributed by atoms with E-state index in [0.29, 0.717) is 15.7 Å². The van der Waals surface area contributed by atoms with Gasteiger partial charge in [-0.1, -0.05) is 0 Å². The molecule has 2 saturated carbocycles. The second-order valence-corrected chi connectivity index (χ2v) is 14.7. The van der Waals surface area contributed by atoms with Gasteiger partial charge < -0.3 is 39.4 Å². The molecule has 1 aliphatic heterocycles. The Labute approximate surface area is 273 Å². The summed E-state index contributed by atoms with van der Waals surface area (Å²) in [5.41, 5.74) is 4.39. The molecule has 0 amide bonds. The number of aliphatic hydroxyl groups excluding tert-OH is 1. The van der Waals surface area contributed by atoms with Gasteiger partial charge in [-0.05, 0) is 58.3 Å². The number of aromatic nitrogens is 4. The van der Waals surface area contributed by atoms with Gasteiger partial charge >= 0.3 is 19.6 Å². The largest absolute Gasteiger partial charge is 0.479 e. The van der Waals surface area contributed by atoms with E-state index in [1.54, 1.807) is 0 Å². The van der Waals surface area contributed by atoms with E-state index in [9.17, 15) is 24.4 Å². The van der Waals surface area contributed by atoms with Gasteiger partial charge in [-0.3, -0.25) is 18.7 Å². The predicted molar refractivity (Wildman–Crippen MR) is 166 cm³/mol. The van der Waals surface area contributed by atoms with Gasteiger partial charge in [0.2, 0.25) is 11.8 Å². The minimum absolute atomic E-state index is 0.109. The van der Waals surface area contributed by atoms with Crippen molar-refractivity contribution in [3.05, 3.63) is 3.83 Å². The van der Waals surface area contributed by atoms with Crippen LogP contribution in [0.1, 0.15) is 52.7 Å². The molecular formula is C26H39IN7O10P. The van der Waals surface area contributed by atoms with Crippen LogP contribution in [-0.2, 0) is 32.9 Å². The van der Waals surface area contributed by atoms with Gasteiger partial charge in [0.25, 0.3) is 0 Å². The van der Waals surface area contributed by atoms with Gasteiger partial charge in [0.15, 0.2) is 21.2 Å². The first-order valence-corrected chi connectivity index (χ1v) is 17.4. The molecule has 2 aromatic rings. The molecule has 3 heterocycles. The quantitative estimate of drug-likeness (QED) is 0.0737. The summed E-state index contributed by atoms with van der Waals surface area (Å²) in [7, 11) is -2.82. The van der Waals surface area contributed by atoms with Crippen LogP contribution in [0.25, 0.3) is 11.2 Å². The van der Waals surface area contributed by atoms with Crippen molar-refractivity contribution in [2.75, 3.05) is 32.7 Å². The molecule has 6 N–H and O–H groups in total. The van der Waals surface area contributed by atoms with Crippen molar-refractivity contribution in [2.24, 2.45) is 11.8 Å². The Balaban J connectivity index is 1.33. The monoisotopic (exact) mass is 767 g/mol. The Bertz CT molecular complexity index is 1430. The van der Waals surface area contributed by atoms with Crippen LogP contribution < -0.4 is 20.6 Å². The number of hydrogen-bond acceptors (Lipinski definition) is 14. The van der Waals surface area contributed by atoms with Crippen molar-refractivity contribution in [3.8, 4) is 5.88 Å². The average molecular weight is 768 g/mol. The summed E-state index contributed by atoms with van der Waals surface area (Å²) in [6.45, 7) is 4.27. The van der Waals surface area contributed by atoms with Crippen molar-refractivity contribution in [2.45, 2.75) is 82.6 Å². The fraction of sp³-hybridized carbons (Fsp3) is 0.731. The first-order valence-electron chi connectivity index (χ1n) is 14.7. The smallest absolute Gasteiger partial charge is 0.342 e. The lowest BCUT2D eigenvalue weighted by molar-refractivity contribution is -0.146. The molecule has 0 bridgehead atoms. The molecule has 250 valence electrons. The van der Waals surface area contributed by atoms with Crippen LogP contribution in [0, 0.1) is 15.7 Å². The maximum Gasteiger partial charge on any atom is 0.342 e. The highest BCUT2D eigenvalue weighted by atomic mass is 127. The molecule has 5 rings (SSSR count). The zero-order valence-electron chi connectivity index (χ0n) is 25.3. The highest BCUT2D eigenvalue weighted by molar-refractivity contribution is 14.1. The minimum Gasteiger partial charge on any atom is -0.479 e. The highest BCUT2D eigenvalue weighted by Crippen LogP contribution is 2.45. The Hall–Kier alpha value is -2.19. The number of rotatable bonds is 15. The third-order valence-corrected chi connectivity index (χ3v) is 10.6. The number of ether oxygens (including phenoxy) is 4. The summed E-state index contributed by atoms with van der Waals surface area (Å²) >= 11 is 1.91. The van der Waals surface area contributed by atoms with E-state index in [-0.39, 0.29) is 36.2 Å². The Morgan fingerprint density at radius 2 is 1.64 bits per heavy atom. The zero-order valence-corrected chi connectivity index (χ0v) is 28.4. The first-order chi connectivity index (χ1) is 21.2. The van der Waals surface area contributed by atoms with Gasteiger partial charge in [-0.25, -0.2) is 15.2 Å². The second-order valence-electron chi connectivity index (χ2n) is 11.9. The number of imidazole rings is 1. The maximum absolute atomic E-state index is 14.1. The van der Waals surface area contributed by atoms with Crippen molar-refractivity contribution in [1.29, 1.82) is 0 Å². The standard InChI is InChI=1S/C26H39IN7O10P/c1-12(21(36)41-9-14-5-6-14)32-45(39,33-13(2)22(37)42-10-15-7-8-15)43-11-16-18(35)26(3,38)23(44-16)34-19-17(29-24(34)27)20(40-4)31-25(28)30-19/h12-16,18,23,35,38H,5-11H2,1-4H3,(H2,28,30,31)(H2,32,33,39)/t12-,13-,16+,18+,23+,26+/m0/s1. The molecule has 19 heteroatoms. The molecule has 2 aromatic heterocycles. The first kappa shape index (κ1) is 34.2. The minimum atomic E-state index is -4.22. The van der Waals surface area contributed by atoms with E-state index < -0.39 is 62.3 Å². The van der Waals surface area contributed by atoms with Crippen LogP contribution >= 0.6 is 30.3 Å². The van der Waals surface area contributed by atoms with Crippen molar-refractivity contribution in [3.63, 3.8) is 0 Å². The fourth-order valence-corrected chi connectivity index (χ4v) is 7.30. The number of nitrogens with one attached hydrogen (secondary N) is 2. The van der Waals surface area contributed by atoms with Crippen LogP contribution in [0.15, 0.2) is 0 Å². The Morgan fingerprint density at radius 1 is 1.09 bits per heavy atom. The lowest BCUT2D eigenvalue weighted by Crippen LogP contribution is -2.45. The van der Waals surface area contributed by atoms with Crippen LogP contribution in [-0.4, -0.2) is 98.5 Å². The van der Waals surface area contributed by atoms with Gasteiger partial charge in [0, 0.05) is 22.6 Å². The van der Waals surface area contributed by atoms with Crippen LogP contribution in [0.5, 0.6) is 5.88 Å². The van der Waals surface area contributed by atoms with Crippen LogP contribution in [0.4, 0.5) is 5.95 Å². The molecule has 0 spiro atoms. The maximum atomic E-state index is 14.1. The van der Waals surface area contributed by atoms with Crippen molar-refractivity contribution in [1.82, 2.24) is 29.7 Å². The van der Waals surface area contributed by atoms with Crippen LogP contribution in [0.2, 0.25) is 0 Å². The van der Waals surface area contributed by atoms with Gasteiger partial charge in [0.05, 0.1) is 26.9 Å².